The molecule has 1 aromatic carbocycles. The fraction of sp³-hybridized carbons (Fsp3) is 0.455. The maximum atomic E-state index is 11.3. The monoisotopic (exact) mass is 259 g/mol. The Labute approximate surface area is 101 Å². The number of hydrogen-bond donors (Lipinski definition) is 2. The molecule has 0 saturated carbocycles. The quantitative estimate of drug-likeness (QED) is 0.755. The summed E-state index contributed by atoms with van der Waals surface area (Å²) < 4.78 is 27.9. The third kappa shape index (κ3) is 4.72. The van der Waals surface area contributed by atoms with Gasteiger partial charge in [0.25, 0.3) is 0 Å². The van der Waals surface area contributed by atoms with E-state index >= 15 is 0 Å². The number of aliphatic hydroxyl groups excluding tert-OH is 1. The lowest BCUT2D eigenvalue weighted by Crippen LogP contribution is -2.29. The Bertz CT molecular complexity index is 458. The van der Waals surface area contributed by atoms with Gasteiger partial charge in [0.1, 0.15) is 18.5 Å². The van der Waals surface area contributed by atoms with Gasteiger partial charge in [0.2, 0.25) is 0 Å². The summed E-state index contributed by atoms with van der Waals surface area (Å²) in [4.78, 5) is 0.207. The predicted molar refractivity (Wildman–Crippen MR) is 65.0 cm³/mol. The SMILES string of the molecule is CNCC(O)COc1cccc(S(C)(=O)=O)c1. The minimum atomic E-state index is -3.23. The first-order valence-electron chi connectivity index (χ1n) is 5.19. The second kappa shape index (κ2) is 6.00. The third-order valence-corrected chi connectivity index (χ3v) is 3.23. The standard InChI is InChI=1S/C11H17NO4S/c1-12-7-9(13)8-16-10-4-3-5-11(6-10)17(2,14)15/h3-6,9,12-13H,7-8H2,1-2H3. The number of likely N-dealkylation sites (N-methyl/N-ethyl adjacent to an activating group) is 1. The molecule has 0 saturated heterocycles. The van der Waals surface area contributed by atoms with Crippen molar-refractivity contribution in [3.63, 3.8) is 0 Å². The fourth-order valence-corrected chi connectivity index (χ4v) is 1.94. The van der Waals surface area contributed by atoms with Crippen molar-refractivity contribution in [3.05, 3.63) is 24.3 Å². The van der Waals surface area contributed by atoms with E-state index in [0.29, 0.717) is 12.3 Å². The summed E-state index contributed by atoms with van der Waals surface area (Å²) in [6.45, 7) is 0.541. The van der Waals surface area contributed by atoms with E-state index in [0.717, 1.165) is 6.26 Å². The zero-order valence-corrected chi connectivity index (χ0v) is 10.7. The second-order valence-electron chi connectivity index (χ2n) is 3.77. The molecule has 17 heavy (non-hydrogen) atoms. The smallest absolute Gasteiger partial charge is 0.175 e. The summed E-state index contributed by atoms with van der Waals surface area (Å²) in [6, 6.07) is 6.21. The third-order valence-electron chi connectivity index (χ3n) is 2.12. The van der Waals surface area contributed by atoms with Crippen molar-refractivity contribution in [1.29, 1.82) is 0 Å². The number of benzene rings is 1. The molecule has 1 rings (SSSR count). The molecule has 0 aromatic heterocycles. The van der Waals surface area contributed by atoms with Crippen molar-refractivity contribution in [2.75, 3.05) is 26.5 Å². The normalized spacial score (nSPS) is 13.4. The molecular weight excluding hydrogens is 242 g/mol. The largest absolute Gasteiger partial charge is 0.491 e. The van der Waals surface area contributed by atoms with Crippen LogP contribution in [-0.2, 0) is 9.84 Å². The summed E-state index contributed by atoms with van der Waals surface area (Å²) in [5.74, 6) is 0.433. The number of aliphatic hydroxyl groups is 1. The van der Waals surface area contributed by atoms with E-state index in [4.69, 9.17) is 4.74 Å². The Kier molecular flexibility index (Phi) is 4.92. The lowest BCUT2D eigenvalue weighted by molar-refractivity contribution is 0.108. The van der Waals surface area contributed by atoms with E-state index in [2.05, 4.69) is 5.32 Å². The summed E-state index contributed by atoms with van der Waals surface area (Å²) in [5, 5.41) is 12.2. The Balaban J connectivity index is 2.67. The van der Waals surface area contributed by atoms with Gasteiger partial charge in [-0.1, -0.05) is 6.07 Å². The van der Waals surface area contributed by atoms with Gasteiger partial charge in [-0.25, -0.2) is 8.42 Å². The molecule has 5 nitrogen and oxygen atoms in total. The first-order valence-corrected chi connectivity index (χ1v) is 7.08. The topological polar surface area (TPSA) is 75.6 Å². The van der Waals surface area contributed by atoms with Gasteiger partial charge in [0.15, 0.2) is 9.84 Å². The van der Waals surface area contributed by atoms with Crippen molar-refractivity contribution >= 4 is 9.84 Å². The summed E-state index contributed by atoms with van der Waals surface area (Å²) in [6.07, 6.45) is 0.518. The van der Waals surface area contributed by atoms with Gasteiger partial charge >= 0.3 is 0 Å². The van der Waals surface area contributed by atoms with Crippen LogP contribution >= 0.6 is 0 Å². The van der Waals surface area contributed by atoms with Gasteiger partial charge in [-0.15, -0.1) is 0 Å². The van der Waals surface area contributed by atoms with Gasteiger partial charge in [0.05, 0.1) is 4.90 Å². The maximum absolute atomic E-state index is 11.3. The lowest BCUT2D eigenvalue weighted by Gasteiger charge is -2.12. The Hall–Kier alpha value is -1.11. The highest BCUT2D eigenvalue weighted by Crippen LogP contribution is 2.17. The van der Waals surface area contributed by atoms with Gasteiger partial charge in [-0.05, 0) is 25.2 Å². The van der Waals surface area contributed by atoms with Crippen molar-refractivity contribution in [2.24, 2.45) is 0 Å². The minimum Gasteiger partial charge on any atom is -0.491 e. The molecule has 0 aliphatic carbocycles. The molecular formula is C11H17NO4S. The van der Waals surface area contributed by atoms with Crippen LogP contribution in [-0.4, -0.2) is 46.1 Å². The number of rotatable bonds is 6. The maximum Gasteiger partial charge on any atom is 0.175 e. The first-order chi connectivity index (χ1) is 7.93. The number of sulfone groups is 1. The zero-order chi connectivity index (χ0) is 12.9. The highest BCUT2D eigenvalue weighted by Gasteiger charge is 2.09. The molecule has 0 fully saturated rings. The van der Waals surface area contributed by atoms with Crippen molar-refractivity contribution in [2.45, 2.75) is 11.0 Å². The Morgan fingerprint density at radius 2 is 2.18 bits per heavy atom. The molecule has 0 aliphatic rings. The number of hydrogen-bond acceptors (Lipinski definition) is 5. The molecule has 1 unspecified atom stereocenters. The second-order valence-corrected chi connectivity index (χ2v) is 5.79. The van der Waals surface area contributed by atoms with Crippen LogP contribution in [0.25, 0.3) is 0 Å². The first kappa shape index (κ1) is 14.0. The van der Waals surface area contributed by atoms with Gasteiger partial charge in [-0.3, -0.25) is 0 Å². The van der Waals surface area contributed by atoms with Crippen LogP contribution in [0.15, 0.2) is 29.2 Å². The van der Waals surface area contributed by atoms with Crippen LogP contribution in [0.5, 0.6) is 5.75 Å². The molecule has 0 heterocycles. The van der Waals surface area contributed by atoms with E-state index in [1.165, 1.54) is 12.1 Å². The average Bonchev–Trinajstić information content (AvgIpc) is 2.26. The molecule has 1 atom stereocenters. The predicted octanol–water partition coefficient (Wildman–Crippen LogP) is 0.0492. The number of ether oxygens (including phenoxy) is 1. The van der Waals surface area contributed by atoms with Gasteiger partial charge in [-0.2, -0.15) is 0 Å². The molecule has 0 radical (unpaired) electrons. The highest BCUT2D eigenvalue weighted by molar-refractivity contribution is 7.90. The molecule has 0 bridgehead atoms. The summed E-state index contributed by atoms with van der Waals surface area (Å²) in [5.41, 5.74) is 0. The van der Waals surface area contributed by atoms with Crippen molar-refractivity contribution < 1.29 is 18.3 Å². The molecule has 0 amide bonds. The van der Waals surface area contributed by atoms with Crippen molar-refractivity contribution in [3.8, 4) is 5.75 Å². The van der Waals surface area contributed by atoms with Crippen LogP contribution in [0.3, 0.4) is 0 Å². The van der Waals surface area contributed by atoms with Crippen LogP contribution in [0.2, 0.25) is 0 Å². The average molecular weight is 259 g/mol. The minimum absolute atomic E-state index is 0.119. The lowest BCUT2D eigenvalue weighted by atomic mass is 10.3. The van der Waals surface area contributed by atoms with Crippen LogP contribution < -0.4 is 10.1 Å². The molecule has 6 heteroatoms. The Morgan fingerprint density at radius 1 is 1.47 bits per heavy atom. The van der Waals surface area contributed by atoms with Crippen LogP contribution in [0.1, 0.15) is 0 Å². The zero-order valence-electron chi connectivity index (χ0n) is 9.88. The van der Waals surface area contributed by atoms with Gasteiger partial charge < -0.3 is 15.2 Å². The van der Waals surface area contributed by atoms with Gasteiger partial charge in [0, 0.05) is 12.8 Å². The Morgan fingerprint density at radius 3 is 2.76 bits per heavy atom. The highest BCUT2D eigenvalue weighted by atomic mass is 32.2. The molecule has 0 spiro atoms. The van der Waals surface area contributed by atoms with E-state index in [-0.39, 0.29) is 11.5 Å². The van der Waals surface area contributed by atoms with E-state index in [1.807, 2.05) is 0 Å². The molecule has 2 N–H and O–H groups in total. The summed E-state index contributed by atoms with van der Waals surface area (Å²) in [7, 11) is -1.50. The molecule has 1 aromatic rings. The van der Waals surface area contributed by atoms with Crippen LogP contribution in [0.4, 0.5) is 0 Å². The molecule has 96 valence electrons. The summed E-state index contributed by atoms with van der Waals surface area (Å²) >= 11 is 0. The van der Waals surface area contributed by atoms with Crippen molar-refractivity contribution in [1.82, 2.24) is 5.32 Å². The number of nitrogens with one attached hydrogen (secondary N) is 1. The van der Waals surface area contributed by atoms with E-state index in [1.54, 1.807) is 19.2 Å². The van der Waals surface area contributed by atoms with E-state index in [9.17, 15) is 13.5 Å². The van der Waals surface area contributed by atoms with Crippen LogP contribution in [0, 0.1) is 0 Å². The fourth-order valence-electron chi connectivity index (χ4n) is 1.28. The van der Waals surface area contributed by atoms with E-state index < -0.39 is 15.9 Å². The molecule has 0 aliphatic heterocycles.